The van der Waals surface area contributed by atoms with Crippen LogP contribution in [0.25, 0.3) is 0 Å². The fourth-order valence-electron chi connectivity index (χ4n) is 2.19. The number of ether oxygens (including phenoxy) is 1. The van der Waals surface area contributed by atoms with Gasteiger partial charge in [0.15, 0.2) is 0 Å². The second kappa shape index (κ2) is 6.42. The standard InChI is InChI=1S/C13H18N2O5S/c14-10-1-2-11(13(16)17)12(7-10)21(18,19)15-8-9-3-5-20-6-4-9/h1-2,7,9,15H,3-6,8,14H2,(H,16,17). The fourth-order valence-corrected chi connectivity index (χ4v) is 3.54. The van der Waals surface area contributed by atoms with Crippen LogP contribution in [-0.4, -0.2) is 39.3 Å². The minimum Gasteiger partial charge on any atom is -0.478 e. The van der Waals surface area contributed by atoms with Gasteiger partial charge in [0, 0.05) is 25.4 Å². The maximum absolute atomic E-state index is 12.3. The minimum absolute atomic E-state index is 0.197. The van der Waals surface area contributed by atoms with Gasteiger partial charge >= 0.3 is 5.97 Å². The van der Waals surface area contributed by atoms with E-state index in [9.17, 15) is 13.2 Å². The van der Waals surface area contributed by atoms with E-state index in [1.165, 1.54) is 12.1 Å². The molecule has 1 aromatic carbocycles. The van der Waals surface area contributed by atoms with Gasteiger partial charge in [-0.25, -0.2) is 17.9 Å². The van der Waals surface area contributed by atoms with Crippen LogP contribution in [0.5, 0.6) is 0 Å². The molecule has 1 aliphatic rings. The molecule has 0 bridgehead atoms. The third kappa shape index (κ3) is 3.93. The van der Waals surface area contributed by atoms with Crippen LogP contribution < -0.4 is 10.5 Å². The lowest BCUT2D eigenvalue weighted by Gasteiger charge is -2.22. The molecule has 1 heterocycles. The third-order valence-corrected chi connectivity index (χ3v) is 4.89. The van der Waals surface area contributed by atoms with Crippen molar-refractivity contribution in [1.82, 2.24) is 4.72 Å². The molecule has 1 aliphatic heterocycles. The average molecular weight is 314 g/mol. The van der Waals surface area contributed by atoms with Crippen molar-refractivity contribution in [2.75, 3.05) is 25.5 Å². The summed E-state index contributed by atoms with van der Waals surface area (Å²) >= 11 is 0. The maximum atomic E-state index is 12.3. The molecule has 0 saturated carbocycles. The summed E-state index contributed by atoms with van der Waals surface area (Å²) in [5.41, 5.74) is 5.47. The Morgan fingerprint density at radius 1 is 1.38 bits per heavy atom. The van der Waals surface area contributed by atoms with Gasteiger partial charge in [-0.3, -0.25) is 0 Å². The fraction of sp³-hybridized carbons (Fsp3) is 0.462. The summed E-state index contributed by atoms with van der Waals surface area (Å²) in [5, 5.41) is 9.09. The summed E-state index contributed by atoms with van der Waals surface area (Å²) < 4.78 is 32.3. The zero-order valence-electron chi connectivity index (χ0n) is 11.4. The summed E-state index contributed by atoms with van der Waals surface area (Å²) in [6.45, 7) is 1.50. The molecule has 2 rings (SSSR count). The van der Waals surface area contributed by atoms with Gasteiger partial charge in [-0.15, -0.1) is 0 Å². The highest BCUT2D eigenvalue weighted by atomic mass is 32.2. The van der Waals surface area contributed by atoms with Gasteiger partial charge in [0.05, 0.1) is 10.5 Å². The number of carboxylic acids is 1. The highest BCUT2D eigenvalue weighted by molar-refractivity contribution is 7.89. The van der Waals surface area contributed by atoms with Gasteiger partial charge in [0.25, 0.3) is 0 Å². The largest absolute Gasteiger partial charge is 0.478 e. The van der Waals surface area contributed by atoms with Crippen LogP contribution in [0.15, 0.2) is 23.1 Å². The number of hydrogen-bond donors (Lipinski definition) is 3. The Labute approximate surface area is 123 Å². The lowest BCUT2D eigenvalue weighted by molar-refractivity contribution is 0.0678. The van der Waals surface area contributed by atoms with E-state index >= 15 is 0 Å². The number of benzene rings is 1. The van der Waals surface area contributed by atoms with Gasteiger partial charge in [0.1, 0.15) is 0 Å². The van der Waals surface area contributed by atoms with Crippen molar-refractivity contribution in [2.24, 2.45) is 5.92 Å². The van der Waals surface area contributed by atoms with Crippen LogP contribution in [0.2, 0.25) is 0 Å². The van der Waals surface area contributed by atoms with E-state index in [1.807, 2.05) is 0 Å². The Balaban J connectivity index is 2.18. The van der Waals surface area contributed by atoms with Crippen molar-refractivity contribution in [3.63, 3.8) is 0 Å². The van der Waals surface area contributed by atoms with Crippen LogP contribution in [-0.2, 0) is 14.8 Å². The highest BCUT2D eigenvalue weighted by Gasteiger charge is 2.24. The summed E-state index contributed by atoms with van der Waals surface area (Å²) in [7, 11) is -3.91. The van der Waals surface area contributed by atoms with E-state index < -0.39 is 16.0 Å². The zero-order valence-corrected chi connectivity index (χ0v) is 12.2. The van der Waals surface area contributed by atoms with Crippen molar-refractivity contribution < 1.29 is 23.1 Å². The first kappa shape index (κ1) is 15.7. The molecule has 1 aromatic rings. The molecule has 8 heteroatoms. The van der Waals surface area contributed by atoms with E-state index in [1.54, 1.807) is 0 Å². The quantitative estimate of drug-likeness (QED) is 0.687. The third-order valence-electron chi connectivity index (χ3n) is 3.43. The molecule has 0 spiro atoms. The van der Waals surface area contributed by atoms with Gasteiger partial charge < -0.3 is 15.6 Å². The first-order valence-electron chi connectivity index (χ1n) is 6.60. The average Bonchev–Trinajstić information content (AvgIpc) is 2.46. The summed E-state index contributed by atoms with van der Waals surface area (Å²) in [6.07, 6.45) is 1.57. The molecule has 0 aromatic heterocycles. The number of aromatic carboxylic acids is 1. The van der Waals surface area contributed by atoms with Gasteiger partial charge in [-0.05, 0) is 37.0 Å². The summed E-state index contributed by atoms with van der Waals surface area (Å²) in [6, 6.07) is 3.72. The van der Waals surface area contributed by atoms with Crippen LogP contribution in [0.3, 0.4) is 0 Å². The number of carboxylic acid groups (broad SMARTS) is 1. The molecule has 0 radical (unpaired) electrons. The smallest absolute Gasteiger partial charge is 0.337 e. The second-order valence-corrected chi connectivity index (χ2v) is 6.70. The van der Waals surface area contributed by atoms with Crippen molar-refractivity contribution >= 4 is 21.7 Å². The van der Waals surface area contributed by atoms with Crippen LogP contribution in [0.4, 0.5) is 5.69 Å². The predicted octanol–water partition coefficient (Wildman–Crippen LogP) is 0.672. The molecule has 0 atom stereocenters. The molecular formula is C13H18N2O5S. The number of rotatable bonds is 5. The molecule has 21 heavy (non-hydrogen) atoms. The number of carbonyl (C=O) groups is 1. The van der Waals surface area contributed by atoms with Crippen LogP contribution in [0.1, 0.15) is 23.2 Å². The topological polar surface area (TPSA) is 119 Å². The number of hydrogen-bond acceptors (Lipinski definition) is 5. The monoisotopic (exact) mass is 314 g/mol. The lowest BCUT2D eigenvalue weighted by atomic mass is 10.0. The SMILES string of the molecule is Nc1ccc(C(=O)O)c(S(=O)(=O)NCC2CCOCC2)c1. The van der Waals surface area contributed by atoms with Crippen molar-refractivity contribution in [1.29, 1.82) is 0 Å². The lowest BCUT2D eigenvalue weighted by Crippen LogP contribution is -2.33. The number of nitrogen functional groups attached to an aromatic ring is 1. The molecule has 1 fully saturated rings. The van der Waals surface area contributed by atoms with E-state index in [2.05, 4.69) is 4.72 Å². The highest BCUT2D eigenvalue weighted by Crippen LogP contribution is 2.20. The molecule has 0 aliphatic carbocycles. The Hall–Kier alpha value is -1.64. The Bertz CT molecular complexity index is 623. The van der Waals surface area contributed by atoms with E-state index in [4.69, 9.17) is 15.6 Å². The normalized spacial score (nSPS) is 16.8. The van der Waals surface area contributed by atoms with Crippen LogP contribution >= 0.6 is 0 Å². The molecule has 4 N–H and O–H groups in total. The first-order valence-corrected chi connectivity index (χ1v) is 8.08. The zero-order chi connectivity index (χ0) is 15.5. The van der Waals surface area contributed by atoms with E-state index in [-0.39, 0.29) is 28.6 Å². The Morgan fingerprint density at radius 2 is 2.05 bits per heavy atom. The van der Waals surface area contributed by atoms with Crippen molar-refractivity contribution in [3.8, 4) is 0 Å². The van der Waals surface area contributed by atoms with Gasteiger partial charge in [-0.1, -0.05) is 0 Å². The molecular weight excluding hydrogens is 296 g/mol. The Kier molecular flexibility index (Phi) is 4.81. The minimum atomic E-state index is -3.91. The number of anilines is 1. The van der Waals surface area contributed by atoms with E-state index in [0.717, 1.165) is 18.9 Å². The molecule has 116 valence electrons. The number of nitrogens with one attached hydrogen (secondary N) is 1. The molecule has 0 unspecified atom stereocenters. The van der Waals surface area contributed by atoms with Crippen molar-refractivity contribution in [3.05, 3.63) is 23.8 Å². The van der Waals surface area contributed by atoms with Crippen LogP contribution in [0, 0.1) is 5.92 Å². The van der Waals surface area contributed by atoms with E-state index in [0.29, 0.717) is 13.2 Å². The first-order chi connectivity index (χ1) is 9.90. The van der Waals surface area contributed by atoms with Crippen molar-refractivity contribution in [2.45, 2.75) is 17.7 Å². The second-order valence-electron chi connectivity index (χ2n) is 4.97. The summed E-state index contributed by atoms with van der Waals surface area (Å²) in [5.74, 6) is -1.11. The number of sulfonamides is 1. The Morgan fingerprint density at radius 3 is 2.67 bits per heavy atom. The number of nitrogens with two attached hydrogens (primary N) is 1. The van der Waals surface area contributed by atoms with Gasteiger partial charge in [0.2, 0.25) is 10.0 Å². The molecule has 7 nitrogen and oxygen atoms in total. The molecule has 1 saturated heterocycles. The van der Waals surface area contributed by atoms with Gasteiger partial charge in [-0.2, -0.15) is 0 Å². The molecule has 0 amide bonds. The summed E-state index contributed by atoms with van der Waals surface area (Å²) in [4.78, 5) is 10.8. The predicted molar refractivity (Wildman–Crippen MR) is 76.5 cm³/mol. The maximum Gasteiger partial charge on any atom is 0.337 e.